The fraction of sp³-hybridized carbons (Fsp3) is 0.733. The maximum atomic E-state index is 12.5. The van der Waals surface area contributed by atoms with E-state index in [0.29, 0.717) is 13.2 Å². The van der Waals surface area contributed by atoms with Crippen LogP contribution in [0.2, 0.25) is 0 Å². The van der Waals surface area contributed by atoms with Crippen molar-refractivity contribution in [2.75, 3.05) is 19.8 Å². The van der Waals surface area contributed by atoms with E-state index in [1.165, 1.54) is 17.1 Å². The highest BCUT2D eigenvalue weighted by molar-refractivity contribution is 6.12. The van der Waals surface area contributed by atoms with Crippen molar-refractivity contribution in [3.63, 3.8) is 0 Å². The van der Waals surface area contributed by atoms with E-state index >= 15 is 0 Å². The Bertz CT molecular complexity index is 457. The van der Waals surface area contributed by atoms with Crippen LogP contribution in [0.15, 0.2) is 12.2 Å². The van der Waals surface area contributed by atoms with Crippen LogP contribution in [-0.2, 0) is 19.2 Å². The molecular formula is C15H23FN2O6. The van der Waals surface area contributed by atoms with Gasteiger partial charge in [-0.15, -0.1) is 0 Å². The van der Waals surface area contributed by atoms with E-state index in [9.17, 15) is 24.2 Å². The molecule has 0 bridgehead atoms. The molecule has 0 radical (unpaired) electrons. The minimum Gasteiger partial charge on any atom is -0.387 e. The number of carbonyl (C=O) groups excluding carboxylic acids is 2. The standard InChI is InChI=1S/C15H23FN2O6/c16-9-10-13(21)14(22)15(24-10)17-23-8-4-2-1-3-7-18-11(19)5-6-12(18)20/h5-6,10,13-15,17,21-22H,1-4,7-9H2/t10-,13?,14-,15?/m1/s1. The predicted molar refractivity (Wildman–Crippen MR) is 80.1 cm³/mol. The lowest BCUT2D eigenvalue weighted by Crippen LogP contribution is -2.40. The number of nitrogens with zero attached hydrogens (tertiary/aromatic N) is 1. The fourth-order valence-electron chi connectivity index (χ4n) is 2.56. The Kier molecular flexibility index (Phi) is 7.25. The SMILES string of the molecule is O=C1C=CC(=O)N1CCCCCCONC1O[C@H](CF)C(O)[C@H]1O. The lowest BCUT2D eigenvalue weighted by atomic mass is 10.1. The summed E-state index contributed by atoms with van der Waals surface area (Å²) in [6.07, 6.45) is 1.15. The topological polar surface area (TPSA) is 108 Å². The van der Waals surface area contributed by atoms with Gasteiger partial charge in [0.2, 0.25) is 0 Å². The van der Waals surface area contributed by atoms with Crippen molar-refractivity contribution in [2.45, 2.75) is 50.2 Å². The molecule has 2 amide bonds. The summed E-state index contributed by atoms with van der Waals surface area (Å²) >= 11 is 0. The Hall–Kier alpha value is -1.39. The number of hydrogen-bond donors (Lipinski definition) is 3. The van der Waals surface area contributed by atoms with Gasteiger partial charge in [-0.05, 0) is 12.8 Å². The summed E-state index contributed by atoms with van der Waals surface area (Å²) in [5.41, 5.74) is 2.47. The molecule has 0 saturated carbocycles. The predicted octanol–water partition coefficient (Wildman–Crippen LogP) is -0.591. The average molecular weight is 346 g/mol. The number of aliphatic hydroxyl groups is 2. The van der Waals surface area contributed by atoms with E-state index < -0.39 is 31.2 Å². The van der Waals surface area contributed by atoms with Crippen LogP contribution >= 0.6 is 0 Å². The van der Waals surface area contributed by atoms with Crippen LogP contribution in [0.25, 0.3) is 0 Å². The molecule has 2 heterocycles. The molecule has 0 spiro atoms. The Morgan fingerprint density at radius 3 is 2.42 bits per heavy atom. The highest BCUT2D eigenvalue weighted by Crippen LogP contribution is 2.20. The molecule has 3 N–H and O–H groups in total. The molecule has 0 aromatic rings. The second-order valence-corrected chi connectivity index (χ2v) is 5.77. The number of nitrogens with one attached hydrogen (secondary N) is 1. The van der Waals surface area contributed by atoms with Crippen molar-refractivity contribution in [3.05, 3.63) is 12.2 Å². The lowest BCUT2D eigenvalue weighted by Gasteiger charge is -2.16. The molecule has 9 heteroatoms. The maximum absolute atomic E-state index is 12.5. The number of aliphatic hydroxyl groups excluding tert-OH is 2. The van der Waals surface area contributed by atoms with Crippen LogP contribution < -0.4 is 5.48 Å². The quantitative estimate of drug-likeness (QED) is 0.276. The number of halogens is 1. The molecule has 0 aromatic carbocycles. The first-order valence-electron chi connectivity index (χ1n) is 8.03. The molecule has 2 rings (SSSR count). The van der Waals surface area contributed by atoms with Crippen molar-refractivity contribution < 1.29 is 33.8 Å². The average Bonchev–Trinajstić information content (AvgIpc) is 3.03. The highest BCUT2D eigenvalue weighted by Gasteiger charge is 2.42. The first kappa shape index (κ1) is 18.9. The summed E-state index contributed by atoms with van der Waals surface area (Å²) in [5.74, 6) is -0.534. The first-order chi connectivity index (χ1) is 11.5. The first-order valence-corrected chi connectivity index (χ1v) is 8.03. The van der Waals surface area contributed by atoms with Crippen LogP contribution in [0.5, 0.6) is 0 Å². The minimum atomic E-state index is -1.28. The van der Waals surface area contributed by atoms with Gasteiger partial charge in [-0.3, -0.25) is 19.3 Å². The second-order valence-electron chi connectivity index (χ2n) is 5.77. The summed E-state index contributed by atoms with van der Waals surface area (Å²) in [7, 11) is 0. The van der Waals surface area contributed by atoms with Crippen molar-refractivity contribution in [1.82, 2.24) is 10.4 Å². The molecule has 0 aliphatic carbocycles. The van der Waals surface area contributed by atoms with Gasteiger partial charge in [-0.25, -0.2) is 4.39 Å². The summed E-state index contributed by atoms with van der Waals surface area (Å²) < 4.78 is 17.6. The van der Waals surface area contributed by atoms with Gasteiger partial charge in [-0.2, -0.15) is 5.48 Å². The number of imide groups is 1. The molecule has 4 atom stereocenters. The summed E-state index contributed by atoms with van der Waals surface area (Å²) in [6, 6.07) is 0. The normalized spacial score (nSPS) is 29.9. The zero-order valence-electron chi connectivity index (χ0n) is 13.3. The molecule has 24 heavy (non-hydrogen) atoms. The van der Waals surface area contributed by atoms with Gasteiger partial charge in [0.1, 0.15) is 25.0 Å². The van der Waals surface area contributed by atoms with Crippen molar-refractivity contribution in [3.8, 4) is 0 Å². The zero-order chi connectivity index (χ0) is 17.5. The number of carbonyl (C=O) groups is 2. The van der Waals surface area contributed by atoms with Crippen molar-refractivity contribution in [1.29, 1.82) is 0 Å². The number of ether oxygens (including phenoxy) is 1. The van der Waals surface area contributed by atoms with E-state index in [-0.39, 0.29) is 11.8 Å². The Balaban J connectivity index is 1.47. The number of hydrogen-bond acceptors (Lipinski definition) is 7. The van der Waals surface area contributed by atoms with Crippen LogP contribution in [0.3, 0.4) is 0 Å². The number of unbranched alkanes of at least 4 members (excludes halogenated alkanes) is 3. The monoisotopic (exact) mass is 346 g/mol. The number of hydroxylamine groups is 1. The highest BCUT2D eigenvalue weighted by atomic mass is 19.1. The van der Waals surface area contributed by atoms with Crippen LogP contribution in [-0.4, -0.2) is 71.3 Å². The van der Waals surface area contributed by atoms with Gasteiger partial charge in [-0.1, -0.05) is 12.8 Å². The molecular weight excluding hydrogens is 323 g/mol. The number of rotatable bonds is 10. The van der Waals surface area contributed by atoms with Gasteiger partial charge in [0, 0.05) is 18.7 Å². The Morgan fingerprint density at radius 2 is 1.79 bits per heavy atom. The third-order valence-electron chi connectivity index (χ3n) is 3.99. The summed E-state index contributed by atoms with van der Waals surface area (Å²) in [6.45, 7) is -0.117. The molecule has 8 nitrogen and oxygen atoms in total. The molecule has 2 aliphatic rings. The Labute approximate surface area is 139 Å². The minimum absolute atomic E-state index is 0.267. The van der Waals surface area contributed by atoms with Gasteiger partial charge in [0.15, 0.2) is 6.23 Å². The fourth-order valence-corrected chi connectivity index (χ4v) is 2.56. The number of amides is 2. The largest absolute Gasteiger partial charge is 0.387 e. The smallest absolute Gasteiger partial charge is 0.253 e. The Morgan fingerprint density at radius 1 is 1.12 bits per heavy atom. The molecule has 2 unspecified atom stereocenters. The van der Waals surface area contributed by atoms with E-state index in [1.807, 2.05) is 0 Å². The van der Waals surface area contributed by atoms with E-state index in [2.05, 4.69) is 5.48 Å². The molecule has 136 valence electrons. The van der Waals surface area contributed by atoms with Gasteiger partial charge < -0.3 is 14.9 Å². The van der Waals surface area contributed by atoms with Crippen LogP contribution in [0, 0.1) is 0 Å². The number of alkyl halides is 1. The van der Waals surface area contributed by atoms with Crippen LogP contribution in [0.1, 0.15) is 25.7 Å². The van der Waals surface area contributed by atoms with Gasteiger partial charge in [0.25, 0.3) is 11.8 Å². The molecule has 1 fully saturated rings. The van der Waals surface area contributed by atoms with Crippen molar-refractivity contribution >= 4 is 11.8 Å². The summed E-state index contributed by atoms with van der Waals surface area (Å²) in [5, 5.41) is 19.1. The van der Waals surface area contributed by atoms with E-state index in [4.69, 9.17) is 9.57 Å². The zero-order valence-corrected chi connectivity index (χ0v) is 13.3. The van der Waals surface area contributed by atoms with Gasteiger partial charge in [0.05, 0.1) is 6.61 Å². The molecule has 0 aromatic heterocycles. The van der Waals surface area contributed by atoms with Crippen molar-refractivity contribution in [2.24, 2.45) is 0 Å². The van der Waals surface area contributed by atoms with Gasteiger partial charge >= 0.3 is 0 Å². The lowest BCUT2D eigenvalue weighted by molar-refractivity contribution is -0.136. The summed E-state index contributed by atoms with van der Waals surface area (Å²) in [4.78, 5) is 29.0. The third kappa shape index (κ3) is 4.81. The molecule has 2 aliphatic heterocycles. The third-order valence-corrected chi connectivity index (χ3v) is 3.99. The second kappa shape index (κ2) is 9.19. The van der Waals surface area contributed by atoms with E-state index in [1.54, 1.807) is 0 Å². The molecule has 1 saturated heterocycles. The van der Waals surface area contributed by atoms with E-state index in [0.717, 1.165) is 25.7 Å². The maximum Gasteiger partial charge on any atom is 0.253 e. The van der Waals surface area contributed by atoms with Crippen LogP contribution in [0.4, 0.5) is 4.39 Å².